The lowest BCUT2D eigenvalue weighted by Crippen LogP contribution is -2.74. The molecule has 0 amide bonds. The van der Waals surface area contributed by atoms with E-state index in [1.54, 1.807) is 7.11 Å². The van der Waals surface area contributed by atoms with Gasteiger partial charge in [0.2, 0.25) is 0 Å². The minimum Gasteiger partial charge on any atom is -0.497 e. The highest BCUT2D eigenvalue weighted by molar-refractivity contribution is 5.53. The number of rotatable bonds is 4. The Morgan fingerprint density at radius 2 is 1.97 bits per heavy atom. The molecule has 1 saturated carbocycles. The van der Waals surface area contributed by atoms with Gasteiger partial charge in [-0.3, -0.25) is 9.88 Å². The molecule has 0 radical (unpaired) electrons. The standard InChI is InChI=1S/C28H32N4O2/c1-18-23-15-28(33)26-13-20-5-6-22(34-2)14-24(20)27(28,9-12-31(26)17-19-3-4-19)16-25(23)32(30-18)21-7-10-29-11-8-21/h5-8,10-11,14,19,26,33H,3-4,9,12-13,15-17H2,1-2H3/t26?,27-,28-/m0/s1. The first-order valence-electron chi connectivity index (χ1n) is 12.6. The summed E-state index contributed by atoms with van der Waals surface area (Å²) in [5.74, 6) is 1.68. The summed E-state index contributed by atoms with van der Waals surface area (Å²) >= 11 is 0. The molecule has 4 aliphatic rings. The number of hydrogen-bond donors (Lipinski definition) is 1. The Bertz CT molecular complexity index is 1270. The number of benzene rings is 1. The first kappa shape index (κ1) is 20.7. The van der Waals surface area contributed by atoms with Crippen molar-refractivity contribution in [1.29, 1.82) is 0 Å². The van der Waals surface area contributed by atoms with E-state index in [1.807, 2.05) is 24.5 Å². The second kappa shape index (κ2) is 7.15. The highest BCUT2D eigenvalue weighted by Crippen LogP contribution is 2.58. The molecular formula is C28H32N4O2. The van der Waals surface area contributed by atoms with Gasteiger partial charge in [-0.25, -0.2) is 4.68 Å². The van der Waals surface area contributed by atoms with Gasteiger partial charge in [-0.15, -0.1) is 0 Å². The summed E-state index contributed by atoms with van der Waals surface area (Å²) in [6, 6.07) is 10.7. The van der Waals surface area contributed by atoms with Crippen LogP contribution >= 0.6 is 0 Å². The van der Waals surface area contributed by atoms with Gasteiger partial charge in [-0.2, -0.15) is 5.10 Å². The lowest BCUT2D eigenvalue weighted by atomic mass is 9.49. The SMILES string of the molecule is COc1ccc2c(c1)[C@@]13CCN(CC4CC4)C(C2)[C@@]1(O)Cc1c(C)nn(-c2ccncc2)c1C3. The van der Waals surface area contributed by atoms with Crippen molar-refractivity contribution in [2.24, 2.45) is 5.92 Å². The van der Waals surface area contributed by atoms with Crippen molar-refractivity contribution >= 4 is 0 Å². The monoisotopic (exact) mass is 456 g/mol. The quantitative estimate of drug-likeness (QED) is 0.652. The summed E-state index contributed by atoms with van der Waals surface area (Å²) in [6.45, 7) is 4.25. The maximum Gasteiger partial charge on any atom is 0.119 e. The van der Waals surface area contributed by atoms with E-state index in [0.717, 1.165) is 55.4 Å². The van der Waals surface area contributed by atoms with E-state index < -0.39 is 5.60 Å². The van der Waals surface area contributed by atoms with Gasteiger partial charge in [-0.1, -0.05) is 6.07 Å². The summed E-state index contributed by atoms with van der Waals surface area (Å²) in [5.41, 5.74) is 6.00. The number of hydrogen-bond acceptors (Lipinski definition) is 5. The molecule has 1 aromatic carbocycles. The molecule has 3 atom stereocenters. The molecule has 34 heavy (non-hydrogen) atoms. The molecule has 6 nitrogen and oxygen atoms in total. The van der Waals surface area contributed by atoms with Crippen molar-refractivity contribution in [3.63, 3.8) is 0 Å². The van der Waals surface area contributed by atoms with Crippen LogP contribution in [0.25, 0.3) is 5.69 Å². The van der Waals surface area contributed by atoms with E-state index in [0.29, 0.717) is 6.42 Å². The van der Waals surface area contributed by atoms with E-state index >= 15 is 0 Å². The van der Waals surface area contributed by atoms with Crippen LogP contribution in [-0.4, -0.2) is 56.6 Å². The summed E-state index contributed by atoms with van der Waals surface area (Å²) in [5, 5.41) is 17.8. The first-order valence-corrected chi connectivity index (χ1v) is 12.6. The van der Waals surface area contributed by atoms with Gasteiger partial charge >= 0.3 is 0 Å². The number of aliphatic hydroxyl groups is 1. The third-order valence-electron chi connectivity index (χ3n) is 9.20. The predicted octanol–water partition coefficient (Wildman–Crippen LogP) is 3.39. The molecule has 2 aromatic heterocycles. The van der Waals surface area contributed by atoms with Gasteiger partial charge in [0.1, 0.15) is 5.75 Å². The van der Waals surface area contributed by atoms with Gasteiger partial charge in [0, 0.05) is 48.9 Å². The molecular weight excluding hydrogens is 424 g/mol. The lowest BCUT2D eigenvalue weighted by molar-refractivity contribution is -0.152. The molecule has 7 rings (SSSR count). The Morgan fingerprint density at radius 1 is 1.15 bits per heavy atom. The second-order valence-electron chi connectivity index (χ2n) is 10.9. The normalized spacial score (nSPS) is 29.8. The van der Waals surface area contributed by atoms with Crippen LogP contribution in [0.5, 0.6) is 5.75 Å². The number of aryl methyl sites for hydroxylation is 1. The summed E-state index contributed by atoms with van der Waals surface area (Å²) in [4.78, 5) is 6.82. The number of nitrogens with zero attached hydrogens (tertiary/aromatic N) is 4. The Labute approximate surface area is 200 Å². The number of ether oxygens (including phenoxy) is 1. The largest absolute Gasteiger partial charge is 0.497 e. The van der Waals surface area contributed by atoms with Gasteiger partial charge < -0.3 is 9.84 Å². The number of fused-ring (bicyclic) bond motifs is 2. The van der Waals surface area contributed by atoms with Crippen molar-refractivity contribution in [1.82, 2.24) is 19.7 Å². The van der Waals surface area contributed by atoms with Crippen LogP contribution in [0.3, 0.4) is 0 Å². The maximum atomic E-state index is 12.8. The zero-order valence-electron chi connectivity index (χ0n) is 20.0. The van der Waals surface area contributed by atoms with E-state index in [4.69, 9.17) is 9.84 Å². The molecule has 6 heteroatoms. The van der Waals surface area contributed by atoms with E-state index in [1.165, 1.54) is 35.2 Å². The smallest absolute Gasteiger partial charge is 0.119 e. The van der Waals surface area contributed by atoms with Crippen LogP contribution in [0.15, 0.2) is 42.7 Å². The van der Waals surface area contributed by atoms with Crippen molar-refractivity contribution in [3.8, 4) is 11.4 Å². The molecule has 1 N–H and O–H groups in total. The van der Waals surface area contributed by atoms with E-state index in [-0.39, 0.29) is 11.5 Å². The minimum absolute atomic E-state index is 0.138. The fraction of sp³-hybridized carbons (Fsp3) is 0.500. The molecule has 1 unspecified atom stereocenters. The molecule has 1 saturated heterocycles. The van der Waals surface area contributed by atoms with Crippen molar-refractivity contribution in [3.05, 3.63) is 70.8 Å². The lowest BCUT2D eigenvalue weighted by Gasteiger charge is -2.63. The van der Waals surface area contributed by atoms with Crippen LogP contribution in [0.4, 0.5) is 0 Å². The topological polar surface area (TPSA) is 63.4 Å². The number of likely N-dealkylation sites (tertiary alicyclic amines) is 1. The van der Waals surface area contributed by atoms with Gasteiger partial charge in [0.15, 0.2) is 0 Å². The molecule has 176 valence electrons. The van der Waals surface area contributed by atoms with Crippen molar-refractivity contribution in [2.75, 3.05) is 20.2 Å². The fourth-order valence-electron chi connectivity index (χ4n) is 7.26. The molecule has 0 spiro atoms. The molecule has 2 fully saturated rings. The zero-order chi connectivity index (χ0) is 23.1. The summed E-state index contributed by atoms with van der Waals surface area (Å²) < 4.78 is 7.76. The van der Waals surface area contributed by atoms with Gasteiger partial charge in [0.25, 0.3) is 0 Å². The first-order chi connectivity index (χ1) is 16.5. The molecule has 3 heterocycles. The number of methoxy groups -OCH3 is 1. The van der Waals surface area contributed by atoms with Gasteiger partial charge in [-0.05, 0) is 86.0 Å². The highest BCUT2D eigenvalue weighted by atomic mass is 16.5. The van der Waals surface area contributed by atoms with E-state index in [2.05, 4.69) is 39.7 Å². The number of aromatic nitrogens is 3. The third kappa shape index (κ3) is 2.75. The summed E-state index contributed by atoms with van der Waals surface area (Å²) in [7, 11) is 1.73. The Hall–Kier alpha value is -2.70. The van der Waals surface area contributed by atoms with Crippen LogP contribution in [-0.2, 0) is 24.7 Å². The number of piperidine rings is 1. The Morgan fingerprint density at radius 3 is 2.74 bits per heavy atom. The average molecular weight is 457 g/mol. The third-order valence-corrected chi connectivity index (χ3v) is 9.20. The fourth-order valence-corrected chi connectivity index (χ4v) is 7.26. The van der Waals surface area contributed by atoms with Crippen molar-refractivity contribution < 1.29 is 9.84 Å². The van der Waals surface area contributed by atoms with Crippen LogP contribution in [0, 0.1) is 12.8 Å². The zero-order valence-corrected chi connectivity index (χ0v) is 20.0. The Balaban J connectivity index is 1.43. The molecule has 3 aromatic rings. The Kier molecular flexibility index (Phi) is 4.35. The minimum atomic E-state index is -0.816. The van der Waals surface area contributed by atoms with Crippen molar-refractivity contribution in [2.45, 2.75) is 62.5 Å². The second-order valence-corrected chi connectivity index (χ2v) is 10.9. The summed E-state index contributed by atoms with van der Waals surface area (Å²) in [6.07, 6.45) is 9.61. The molecule has 2 bridgehead atoms. The average Bonchev–Trinajstić information content (AvgIpc) is 3.62. The van der Waals surface area contributed by atoms with Gasteiger partial charge in [0.05, 0.1) is 24.1 Å². The van der Waals surface area contributed by atoms with Crippen LogP contribution in [0.2, 0.25) is 0 Å². The van der Waals surface area contributed by atoms with Crippen LogP contribution < -0.4 is 4.74 Å². The number of pyridine rings is 1. The van der Waals surface area contributed by atoms with Crippen LogP contribution in [0.1, 0.15) is 47.3 Å². The highest BCUT2D eigenvalue weighted by Gasteiger charge is 2.65. The predicted molar refractivity (Wildman–Crippen MR) is 130 cm³/mol. The van der Waals surface area contributed by atoms with E-state index in [9.17, 15) is 5.11 Å². The molecule has 1 aliphatic heterocycles. The maximum absolute atomic E-state index is 12.8. The molecule has 3 aliphatic carbocycles.